The van der Waals surface area contributed by atoms with E-state index in [1.807, 2.05) is 24.3 Å². The number of methoxy groups -OCH3 is 3. The van der Waals surface area contributed by atoms with Crippen molar-refractivity contribution < 1.29 is 19.0 Å². The second-order valence-corrected chi connectivity index (χ2v) is 6.89. The SMILES string of the molecule is COc1cc(OC)c2cc(C(=O)N(C)Cc3ccccc3Br)[nH]c2c1OC. The summed E-state index contributed by atoms with van der Waals surface area (Å²) in [5.41, 5.74) is 2.14. The van der Waals surface area contributed by atoms with E-state index in [-0.39, 0.29) is 5.91 Å². The van der Waals surface area contributed by atoms with Crippen LogP contribution in [0.5, 0.6) is 17.2 Å². The minimum absolute atomic E-state index is 0.134. The molecule has 1 heterocycles. The smallest absolute Gasteiger partial charge is 0.270 e. The van der Waals surface area contributed by atoms with E-state index in [2.05, 4.69) is 20.9 Å². The first-order valence-electron chi connectivity index (χ1n) is 8.30. The van der Waals surface area contributed by atoms with Crippen molar-refractivity contribution in [2.45, 2.75) is 6.54 Å². The van der Waals surface area contributed by atoms with E-state index in [1.54, 1.807) is 45.4 Å². The quantitative estimate of drug-likeness (QED) is 0.632. The monoisotopic (exact) mass is 432 g/mol. The third-order valence-electron chi connectivity index (χ3n) is 4.38. The van der Waals surface area contributed by atoms with E-state index < -0.39 is 0 Å². The van der Waals surface area contributed by atoms with Gasteiger partial charge in [-0.15, -0.1) is 0 Å². The number of nitrogens with zero attached hydrogens (tertiary/aromatic N) is 1. The van der Waals surface area contributed by atoms with Gasteiger partial charge < -0.3 is 24.1 Å². The van der Waals surface area contributed by atoms with E-state index in [9.17, 15) is 4.79 Å². The van der Waals surface area contributed by atoms with Crippen molar-refractivity contribution in [3.05, 3.63) is 52.1 Å². The fraction of sp³-hybridized carbons (Fsp3) is 0.250. The van der Waals surface area contributed by atoms with E-state index >= 15 is 0 Å². The molecule has 0 aliphatic heterocycles. The van der Waals surface area contributed by atoms with Gasteiger partial charge >= 0.3 is 0 Å². The van der Waals surface area contributed by atoms with Gasteiger partial charge in [0.1, 0.15) is 11.4 Å². The number of aromatic amines is 1. The second kappa shape index (κ2) is 7.92. The van der Waals surface area contributed by atoms with Gasteiger partial charge in [0.25, 0.3) is 5.91 Å². The predicted octanol–water partition coefficient (Wildman–Crippen LogP) is 4.23. The summed E-state index contributed by atoms with van der Waals surface area (Å²) < 4.78 is 17.3. The molecular formula is C20H21BrN2O4. The van der Waals surface area contributed by atoms with Crippen molar-refractivity contribution >= 4 is 32.7 Å². The molecular weight excluding hydrogens is 412 g/mol. The van der Waals surface area contributed by atoms with Crippen LogP contribution < -0.4 is 14.2 Å². The van der Waals surface area contributed by atoms with Crippen molar-refractivity contribution in [1.29, 1.82) is 0 Å². The molecule has 142 valence electrons. The van der Waals surface area contributed by atoms with Gasteiger partial charge in [-0.1, -0.05) is 34.1 Å². The lowest BCUT2D eigenvalue weighted by atomic mass is 10.2. The van der Waals surface area contributed by atoms with Crippen molar-refractivity contribution in [1.82, 2.24) is 9.88 Å². The zero-order valence-electron chi connectivity index (χ0n) is 15.6. The van der Waals surface area contributed by atoms with Crippen LogP contribution in [0.4, 0.5) is 0 Å². The van der Waals surface area contributed by atoms with Crippen molar-refractivity contribution in [3.63, 3.8) is 0 Å². The molecule has 1 amide bonds. The molecule has 0 unspecified atom stereocenters. The Hall–Kier alpha value is -2.67. The van der Waals surface area contributed by atoms with E-state index in [4.69, 9.17) is 14.2 Å². The van der Waals surface area contributed by atoms with Crippen LogP contribution in [-0.4, -0.2) is 44.2 Å². The lowest BCUT2D eigenvalue weighted by Gasteiger charge is -2.17. The normalized spacial score (nSPS) is 10.7. The Balaban J connectivity index is 1.99. The molecule has 0 bridgehead atoms. The fourth-order valence-electron chi connectivity index (χ4n) is 3.01. The minimum Gasteiger partial charge on any atom is -0.496 e. The standard InChI is InChI=1S/C20H21BrN2O4/c1-23(11-12-7-5-6-8-14(12)21)20(24)15-9-13-16(25-2)10-17(26-3)19(27-4)18(13)22-15/h5-10,22H,11H2,1-4H3. The molecule has 27 heavy (non-hydrogen) atoms. The minimum atomic E-state index is -0.134. The number of carbonyl (C=O) groups is 1. The van der Waals surface area contributed by atoms with Gasteiger partial charge in [-0.05, 0) is 17.7 Å². The molecule has 3 rings (SSSR count). The number of amides is 1. The molecule has 7 heteroatoms. The molecule has 1 N–H and O–H groups in total. The maximum Gasteiger partial charge on any atom is 0.270 e. The maximum atomic E-state index is 13.0. The number of nitrogens with one attached hydrogen (secondary N) is 1. The predicted molar refractivity (Wildman–Crippen MR) is 108 cm³/mol. The van der Waals surface area contributed by atoms with Crippen LogP contribution in [0.15, 0.2) is 40.9 Å². The number of halogens is 1. The molecule has 0 spiro atoms. The summed E-state index contributed by atoms with van der Waals surface area (Å²) >= 11 is 3.52. The summed E-state index contributed by atoms with van der Waals surface area (Å²) in [4.78, 5) is 17.8. The van der Waals surface area contributed by atoms with Crippen molar-refractivity contribution in [3.8, 4) is 17.2 Å². The molecule has 1 aromatic heterocycles. The Labute approximate surface area is 166 Å². The highest BCUT2D eigenvalue weighted by Gasteiger charge is 2.21. The molecule has 0 fully saturated rings. The van der Waals surface area contributed by atoms with Gasteiger partial charge in [0.15, 0.2) is 11.5 Å². The number of hydrogen-bond acceptors (Lipinski definition) is 4. The van der Waals surface area contributed by atoms with Crippen LogP contribution in [-0.2, 0) is 6.54 Å². The zero-order valence-corrected chi connectivity index (χ0v) is 17.2. The molecule has 6 nitrogen and oxygen atoms in total. The average molecular weight is 433 g/mol. The van der Waals surface area contributed by atoms with Crippen molar-refractivity contribution in [2.75, 3.05) is 28.4 Å². The van der Waals surface area contributed by atoms with Crippen LogP contribution in [0.1, 0.15) is 16.1 Å². The van der Waals surface area contributed by atoms with Crippen LogP contribution in [0.25, 0.3) is 10.9 Å². The first-order chi connectivity index (χ1) is 13.0. The number of hydrogen-bond donors (Lipinski definition) is 1. The second-order valence-electron chi connectivity index (χ2n) is 6.04. The Morgan fingerprint density at radius 1 is 1.07 bits per heavy atom. The lowest BCUT2D eigenvalue weighted by molar-refractivity contribution is 0.0780. The molecule has 0 radical (unpaired) electrons. The maximum absolute atomic E-state index is 13.0. The van der Waals surface area contributed by atoms with Gasteiger partial charge in [0, 0.05) is 29.5 Å². The van der Waals surface area contributed by atoms with Gasteiger partial charge in [-0.2, -0.15) is 0 Å². The summed E-state index contributed by atoms with van der Waals surface area (Å²) in [7, 11) is 6.46. The van der Waals surface area contributed by atoms with Crippen LogP contribution in [0, 0.1) is 0 Å². The van der Waals surface area contributed by atoms with Crippen LogP contribution >= 0.6 is 15.9 Å². The largest absolute Gasteiger partial charge is 0.496 e. The number of ether oxygens (including phenoxy) is 3. The highest BCUT2D eigenvalue weighted by atomic mass is 79.9. The summed E-state index contributed by atoms with van der Waals surface area (Å²) in [5, 5.41) is 0.757. The molecule has 0 atom stereocenters. The van der Waals surface area contributed by atoms with Gasteiger partial charge in [-0.25, -0.2) is 0 Å². The highest BCUT2D eigenvalue weighted by Crippen LogP contribution is 2.41. The zero-order chi connectivity index (χ0) is 19.6. The van der Waals surface area contributed by atoms with Gasteiger partial charge in [0.05, 0.1) is 26.8 Å². The highest BCUT2D eigenvalue weighted by molar-refractivity contribution is 9.10. The third-order valence-corrected chi connectivity index (χ3v) is 5.16. The number of fused-ring (bicyclic) bond motifs is 1. The van der Waals surface area contributed by atoms with E-state index in [1.165, 1.54) is 0 Å². The van der Waals surface area contributed by atoms with Gasteiger partial charge in [-0.3, -0.25) is 4.79 Å². The Kier molecular flexibility index (Phi) is 5.60. The first kappa shape index (κ1) is 19.1. The molecule has 0 saturated heterocycles. The molecule has 0 aliphatic carbocycles. The number of benzene rings is 2. The molecule has 0 saturated carbocycles. The Morgan fingerprint density at radius 3 is 2.41 bits per heavy atom. The summed E-state index contributed by atoms with van der Waals surface area (Å²) in [5.74, 6) is 1.53. The van der Waals surface area contributed by atoms with E-state index in [0.717, 1.165) is 15.4 Å². The molecule has 0 aliphatic rings. The molecule has 3 aromatic rings. The topological polar surface area (TPSA) is 63.8 Å². The number of H-pyrrole nitrogens is 1. The van der Waals surface area contributed by atoms with Gasteiger partial charge in [0.2, 0.25) is 0 Å². The summed E-state index contributed by atoms with van der Waals surface area (Å²) in [6, 6.07) is 11.3. The van der Waals surface area contributed by atoms with Crippen LogP contribution in [0.3, 0.4) is 0 Å². The fourth-order valence-corrected chi connectivity index (χ4v) is 3.42. The van der Waals surface area contributed by atoms with Crippen LogP contribution in [0.2, 0.25) is 0 Å². The van der Waals surface area contributed by atoms with Crippen molar-refractivity contribution in [2.24, 2.45) is 0 Å². The summed E-state index contributed by atoms with van der Waals surface area (Å²) in [6.45, 7) is 0.479. The number of rotatable bonds is 6. The molecule has 2 aromatic carbocycles. The first-order valence-corrected chi connectivity index (χ1v) is 9.10. The van der Waals surface area contributed by atoms with E-state index in [0.29, 0.717) is 35.0 Å². The Bertz CT molecular complexity index is 984. The average Bonchev–Trinajstić information content (AvgIpc) is 3.12. The lowest BCUT2D eigenvalue weighted by Crippen LogP contribution is -2.26. The number of carbonyl (C=O) groups excluding carboxylic acids is 1. The summed E-state index contributed by atoms with van der Waals surface area (Å²) in [6.07, 6.45) is 0. The third kappa shape index (κ3) is 3.60. The Morgan fingerprint density at radius 2 is 1.78 bits per heavy atom. The number of aromatic nitrogens is 1.